The Morgan fingerprint density at radius 3 is 2.48 bits per heavy atom. The van der Waals surface area contributed by atoms with E-state index in [0.29, 0.717) is 10.8 Å². The van der Waals surface area contributed by atoms with Crippen molar-refractivity contribution in [3.8, 4) is 11.3 Å². The molecule has 1 N–H and O–H groups in total. The highest BCUT2D eigenvalue weighted by Crippen LogP contribution is 2.19. The van der Waals surface area contributed by atoms with Gasteiger partial charge < -0.3 is 4.52 Å². The molecular weight excluding hydrogens is 338 g/mol. The fraction of sp³-hybridized carbons (Fsp3) is 0. The lowest BCUT2D eigenvalue weighted by Gasteiger charge is -1.95. The minimum Gasteiger partial charge on any atom is -0.355 e. The van der Waals surface area contributed by atoms with E-state index in [1.807, 2.05) is 60.7 Å². The Balaban J connectivity index is 1.61. The van der Waals surface area contributed by atoms with Gasteiger partial charge in [-0.25, -0.2) is 5.43 Å². The summed E-state index contributed by atoms with van der Waals surface area (Å²) in [5, 5.41) is 7.95. The summed E-state index contributed by atoms with van der Waals surface area (Å²) < 4.78 is 5.18. The van der Waals surface area contributed by atoms with Gasteiger partial charge in [-0.3, -0.25) is 4.79 Å². The normalized spacial score (nSPS) is 11.6. The first-order valence-electron chi connectivity index (χ1n) is 7.50. The smallest absolute Gasteiger partial charge is 0.293 e. The number of amides is 1. The molecule has 0 saturated carbocycles. The number of nitrogens with zero attached hydrogens (tertiary/aromatic N) is 2. The van der Waals surface area contributed by atoms with Crippen LogP contribution in [-0.4, -0.2) is 17.3 Å². The minimum atomic E-state index is -0.480. The zero-order valence-corrected chi connectivity index (χ0v) is 13.9. The van der Waals surface area contributed by atoms with Crippen LogP contribution < -0.4 is 5.43 Å². The molecular formula is C19H14ClN3O2. The third kappa shape index (κ3) is 4.65. The van der Waals surface area contributed by atoms with Crippen LogP contribution in [0.3, 0.4) is 0 Å². The second kappa shape index (κ2) is 8.08. The Labute approximate surface area is 149 Å². The number of carbonyl (C=O) groups is 1. The molecule has 1 aromatic heterocycles. The molecule has 0 atom stereocenters. The van der Waals surface area contributed by atoms with E-state index in [1.165, 1.54) is 6.21 Å². The van der Waals surface area contributed by atoms with Gasteiger partial charge in [-0.2, -0.15) is 5.10 Å². The van der Waals surface area contributed by atoms with Crippen LogP contribution in [0, 0.1) is 0 Å². The fourth-order valence-corrected chi connectivity index (χ4v) is 2.25. The Bertz CT molecular complexity index is 903. The maximum Gasteiger partial charge on any atom is 0.293 e. The summed E-state index contributed by atoms with van der Waals surface area (Å²) in [6.45, 7) is 0. The predicted molar refractivity (Wildman–Crippen MR) is 98.2 cm³/mol. The summed E-state index contributed by atoms with van der Waals surface area (Å²) in [5.74, 6) is 0.0306. The molecule has 0 unspecified atom stereocenters. The first-order chi connectivity index (χ1) is 12.2. The number of benzene rings is 2. The number of nitrogens with one attached hydrogen (secondary N) is 1. The van der Waals surface area contributed by atoms with Crippen LogP contribution in [0.4, 0.5) is 0 Å². The van der Waals surface area contributed by atoms with Gasteiger partial charge in [0.25, 0.3) is 5.91 Å². The number of hydrazone groups is 1. The van der Waals surface area contributed by atoms with Crippen LogP contribution in [0.25, 0.3) is 17.4 Å². The van der Waals surface area contributed by atoms with Crippen molar-refractivity contribution >= 4 is 29.8 Å². The molecule has 6 heteroatoms. The summed E-state index contributed by atoms with van der Waals surface area (Å²) in [6.07, 6.45) is 3.09. The Morgan fingerprint density at radius 2 is 1.76 bits per heavy atom. The van der Waals surface area contributed by atoms with Crippen LogP contribution in [0.15, 0.2) is 81.4 Å². The number of carbonyl (C=O) groups excluding carboxylic acids is 1. The highest BCUT2D eigenvalue weighted by atomic mass is 35.5. The van der Waals surface area contributed by atoms with E-state index in [4.69, 9.17) is 16.1 Å². The van der Waals surface area contributed by atoms with Gasteiger partial charge in [0.05, 0.1) is 11.2 Å². The molecule has 0 aliphatic carbocycles. The van der Waals surface area contributed by atoms with E-state index in [1.54, 1.807) is 12.1 Å². The number of halogens is 1. The second-order valence-electron chi connectivity index (χ2n) is 5.08. The zero-order chi connectivity index (χ0) is 17.5. The van der Waals surface area contributed by atoms with Gasteiger partial charge in [0.2, 0.25) is 0 Å². The van der Waals surface area contributed by atoms with Gasteiger partial charge >= 0.3 is 0 Å². The molecule has 3 rings (SSSR count). The van der Waals surface area contributed by atoms with Crippen molar-refractivity contribution in [2.75, 3.05) is 0 Å². The molecule has 3 aromatic rings. The van der Waals surface area contributed by atoms with Crippen molar-refractivity contribution in [1.82, 2.24) is 10.6 Å². The van der Waals surface area contributed by atoms with Gasteiger partial charge in [0.1, 0.15) is 0 Å². The number of hydrogen-bond donors (Lipinski definition) is 1. The van der Waals surface area contributed by atoms with Crippen molar-refractivity contribution in [2.45, 2.75) is 0 Å². The monoisotopic (exact) mass is 351 g/mol. The van der Waals surface area contributed by atoms with E-state index >= 15 is 0 Å². The van der Waals surface area contributed by atoms with Crippen molar-refractivity contribution in [3.63, 3.8) is 0 Å². The van der Waals surface area contributed by atoms with Crippen molar-refractivity contribution < 1.29 is 9.32 Å². The fourth-order valence-electron chi connectivity index (χ4n) is 2.08. The largest absolute Gasteiger partial charge is 0.355 e. The summed E-state index contributed by atoms with van der Waals surface area (Å²) in [7, 11) is 0. The first-order valence-corrected chi connectivity index (χ1v) is 7.88. The van der Waals surface area contributed by atoms with Crippen molar-refractivity contribution in [1.29, 1.82) is 0 Å². The van der Waals surface area contributed by atoms with Gasteiger partial charge in [0.15, 0.2) is 11.5 Å². The van der Waals surface area contributed by atoms with E-state index in [-0.39, 0.29) is 5.69 Å². The molecule has 0 radical (unpaired) electrons. The summed E-state index contributed by atoms with van der Waals surface area (Å²) in [4.78, 5) is 12.0. The molecule has 0 aliphatic rings. The highest BCUT2D eigenvalue weighted by molar-refractivity contribution is 6.41. The number of allylic oxidation sites excluding steroid dienone is 1. The molecule has 1 heterocycles. The van der Waals surface area contributed by atoms with E-state index in [0.717, 1.165) is 11.1 Å². The first kappa shape index (κ1) is 16.7. The van der Waals surface area contributed by atoms with Gasteiger partial charge in [-0.05, 0) is 11.6 Å². The Kier molecular flexibility index (Phi) is 5.39. The maximum atomic E-state index is 12.0. The van der Waals surface area contributed by atoms with Gasteiger partial charge in [-0.1, -0.05) is 77.4 Å². The summed E-state index contributed by atoms with van der Waals surface area (Å²) >= 11 is 6.06. The molecule has 0 bridgehead atoms. The molecule has 1 amide bonds. The maximum absolute atomic E-state index is 12.0. The molecule has 124 valence electrons. The average Bonchev–Trinajstić information content (AvgIpc) is 3.13. The number of rotatable bonds is 5. The van der Waals surface area contributed by atoms with Crippen molar-refractivity contribution in [3.05, 3.63) is 83.0 Å². The molecule has 25 heavy (non-hydrogen) atoms. The van der Waals surface area contributed by atoms with Crippen molar-refractivity contribution in [2.24, 2.45) is 5.10 Å². The lowest BCUT2D eigenvalue weighted by atomic mass is 10.1. The molecule has 5 nitrogen and oxygen atoms in total. The molecule has 0 fully saturated rings. The zero-order valence-electron chi connectivity index (χ0n) is 13.1. The lowest BCUT2D eigenvalue weighted by molar-refractivity contribution is 0.0946. The van der Waals surface area contributed by atoms with Crippen LogP contribution >= 0.6 is 11.6 Å². The number of aromatic nitrogens is 1. The lowest BCUT2D eigenvalue weighted by Crippen LogP contribution is -2.17. The summed E-state index contributed by atoms with van der Waals surface area (Å²) in [5.41, 5.74) is 4.28. The SMILES string of the molecule is O=C(N/N=C/C(Cl)=C\c1ccccc1)c1cc(-c2ccccc2)on1. The quantitative estimate of drug-likeness (QED) is 0.549. The minimum absolute atomic E-state index is 0.138. The Morgan fingerprint density at radius 1 is 1.08 bits per heavy atom. The predicted octanol–water partition coefficient (Wildman–Crippen LogP) is 4.34. The Hall–Kier alpha value is -3.18. The van der Waals surface area contributed by atoms with Crippen LogP contribution in [-0.2, 0) is 0 Å². The van der Waals surface area contributed by atoms with E-state index in [2.05, 4.69) is 15.7 Å². The average molecular weight is 352 g/mol. The second-order valence-corrected chi connectivity index (χ2v) is 5.52. The molecule has 2 aromatic carbocycles. The highest BCUT2D eigenvalue weighted by Gasteiger charge is 2.12. The van der Waals surface area contributed by atoms with Crippen LogP contribution in [0.2, 0.25) is 0 Å². The third-order valence-electron chi connectivity index (χ3n) is 3.26. The van der Waals surface area contributed by atoms with Crippen LogP contribution in [0.5, 0.6) is 0 Å². The van der Waals surface area contributed by atoms with E-state index in [9.17, 15) is 4.79 Å². The molecule has 0 spiro atoms. The molecule has 0 aliphatic heterocycles. The van der Waals surface area contributed by atoms with E-state index < -0.39 is 5.91 Å². The standard InChI is InChI=1S/C19H14ClN3O2/c20-16(11-14-7-3-1-4-8-14)13-21-22-19(24)17-12-18(25-23-17)15-9-5-2-6-10-15/h1-13H,(H,22,24)/b16-11+,21-13+. The molecule has 0 saturated heterocycles. The summed E-state index contributed by atoms with van der Waals surface area (Å²) in [6, 6.07) is 20.5. The number of hydrogen-bond acceptors (Lipinski definition) is 4. The van der Waals surface area contributed by atoms with Gasteiger partial charge in [0, 0.05) is 11.6 Å². The topological polar surface area (TPSA) is 67.5 Å². The van der Waals surface area contributed by atoms with Crippen LogP contribution in [0.1, 0.15) is 16.1 Å². The third-order valence-corrected chi connectivity index (χ3v) is 3.47. The van der Waals surface area contributed by atoms with Gasteiger partial charge in [-0.15, -0.1) is 0 Å².